The molecule has 0 fully saturated rings. The number of hydrogen-bond acceptors (Lipinski definition) is 3. The molecule has 0 aliphatic rings. The first kappa shape index (κ1) is 16.8. The minimum atomic E-state index is -4.38. The maximum atomic E-state index is 12.4. The summed E-state index contributed by atoms with van der Waals surface area (Å²) in [6.07, 6.45) is 0. The predicted octanol–water partition coefficient (Wildman–Crippen LogP) is 3.63. The Morgan fingerprint density at radius 2 is 1.80 bits per heavy atom. The largest absolute Gasteiger partial charge is 0.446 e. The van der Waals surface area contributed by atoms with Gasteiger partial charge < -0.3 is 10.6 Å². The van der Waals surface area contributed by atoms with Crippen molar-refractivity contribution in [3.05, 3.63) is 24.3 Å². The van der Waals surface area contributed by atoms with Crippen LogP contribution in [0.1, 0.15) is 20.8 Å². The fraction of sp³-hybridized carbons (Fsp3) is 0.462. The van der Waals surface area contributed by atoms with Crippen LogP contribution in [0.15, 0.2) is 29.2 Å². The lowest BCUT2D eigenvalue weighted by molar-refractivity contribution is -0.115. The number of nitrogens with one attached hydrogen (secondary N) is 2. The molecule has 0 radical (unpaired) electrons. The first-order chi connectivity index (χ1) is 9.07. The van der Waals surface area contributed by atoms with Gasteiger partial charge in [0, 0.05) is 10.4 Å². The first-order valence-electron chi connectivity index (χ1n) is 5.96. The zero-order valence-corrected chi connectivity index (χ0v) is 12.3. The second kappa shape index (κ2) is 6.49. The van der Waals surface area contributed by atoms with E-state index in [1.807, 2.05) is 20.8 Å². The van der Waals surface area contributed by atoms with E-state index in [4.69, 9.17) is 0 Å². The SMILES string of the molecule is CC(C)(C)NCC(=O)Nc1ccccc1SC(F)(F)F. The van der Waals surface area contributed by atoms with Gasteiger partial charge >= 0.3 is 5.51 Å². The number of thioether (sulfide) groups is 1. The number of amides is 1. The molecule has 0 heterocycles. The molecule has 1 aromatic carbocycles. The highest BCUT2D eigenvalue weighted by molar-refractivity contribution is 8.00. The molecule has 0 unspecified atom stereocenters. The lowest BCUT2D eigenvalue weighted by Gasteiger charge is -2.20. The third-order valence-corrected chi connectivity index (χ3v) is 2.97. The number of hydrogen-bond donors (Lipinski definition) is 2. The molecule has 0 aliphatic heterocycles. The first-order valence-corrected chi connectivity index (χ1v) is 6.78. The second-order valence-electron chi connectivity index (χ2n) is 5.20. The molecule has 0 aromatic heterocycles. The Bertz CT molecular complexity index is 469. The van der Waals surface area contributed by atoms with Crippen molar-refractivity contribution in [3.63, 3.8) is 0 Å². The number of para-hydroxylation sites is 1. The molecule has 3 nitrogen and oxygen atoms in total. The molecule has 112 valence electrons. The molecule has 0 spiro atoms. The number of carbonyl (C=O) groups excluding carboxylic acids is 1. The van der Waals surface area contributed by atoms with Gasteiger partial charge in [0.15, 0.2) is 0 Å². The van der Waals surface area contributed by atoms with Crippen LogP contribution in [0.5, 0.6) is 0 Å². The van der Waals surface area contributed by atoms with Gasteiger partial charge in [-0.05, 0) is 44.7 Å². The van der Waals surface area contributed by atoms with E-state index in [0.29, 0.717) is 0 Å². The van der Waals surface area contributed by atoms with E-state index in [9.17, 15) is 18.0 Å². The van der Waals surface area contributed by atoms with Crippen LogP contribution in [0, 0.1) is 0 Å². The van der Waals surface area contributed by atoms with Gasteiger partial charge in [-0.25, -0.2) is 0 Å². The van der Waals surface area contributed by atoms with Gasteiger partial charge in [0.05, 0.1) is 12.2 Å². The Hall–Kier alpha value is -1.21. The van der Waals surface area contributed by atoms with Gasteiger partial charge in [0.2, 0.25) is 5.91 Å². The van der Waals surface area contributed by atoms with Crippen LogP contribution in [0.4, 0.5) is 18.9 Å². The number of alkyl halides is 3. The zero-order chi connectivity index (χ0) is 15.4. The molecule has 0 saturated carbocycles. The van der Waals surface area contributed by atoms with E-state index < -0.39 is 5.51 Å². The minimum Gasteiger partial charge on any atom is -0.324 e. The monoisotopic (exact) mass is 306 g/mol. The number of rotatable bonds is 4. The number of benzene rings is 1. The molecule has 1 amide bonds. The van der Waals surface area contributed by atoms with Crippen LogP contribution in [0.3, 0.4) is 0 Å². The Morgan fingerprint density at radius 3 is 2.35 bits per heavy atom. The normalized spacial score (nSPS) is 12.3. The summed E-state index contributed by atoms with van der Waals surface area (Å²) in [4.78, 5) is 11.7. The van der Waals surface area contributed by atoms with Crippen LogP contribution in [0.2, 0.25) is 0 Å². The van der Waals surface area contributed by atoms with Crippen LogP contribution in [-0.2, 0) is 4.79 Å². The molecule has 0 saturated heterocycles. The summed E-state index contributed by atoms with van der Waals surface area (Å²) >= 11 is -0.242. The highest BCUT2D eigenvalue weighted by Gasteiger charge is 2.30. The average Bonchev–Trinajstić information content (AvgIpc) is 2.26. The molecule has 20 heavy (non-hydrogen) atoms. The van der Waals surface area contributed by atoms with E-state index in [1.165, 1.54) is 18.2 Å². The van der Waals surface area contributed by atoms with Gasteiger partial charge in [-0.3, -0.25) is 4.79 Å². The summed E-state index contributed by atoms with van der Waals surface area (Å²) in [6, 6.07) is 5.85. The zero-order valence-electron chi connectivity index (χ0n) is 11.5. The molecule has 0 atom stereocenters. The van der Waals surface area contributed by atoms with Crippen molar-refractivity contribution in [2.24, 2.45) is 0 Å². The molecular formula is C13H17F3N2OS. The summed E-state index contributed by atoms with van der Waals surface area (Å²) < 4.78 is 37.2. The molecule has 0 bridgehead atoms. The summed E-state index contributed by atoms with van der Waals surface area (Å²) in [7, 11) is 0. The molecular weight excluding hydrogens is 289 g/mol. The average molecular weight is 306 g/mol. The molecule has 1 aromatic rings. The second-order valence-corrected chi connectivity index (χ2v) is 6.30. The van der Waals surface area contributed by atoms with Crippen LogP contribution >= 0.6 is 11.8 Å². The molecule has 2 N–H and O–H groups in total. The summed E-state index contributed by atoms with van der Waals surface area (Å²) in [5, 5.41) is 5.45. The standard InChI is InChI=1S/C13H17F3N2OS/c1-12(2,3)17-8-11(19)18-9-6-4-5-7-10(9)20-13(14,15)16/h4-7,17H,8H2,1-3H3,(H,18,19). The Labute approximate surface area is 120 Å². The summed E-state index contributed by atoms with van der Waals surface area (Å²) in [5.74, 6) is -0.379. The Balaban J connectivity index is 2.70. The highest BCUT2D eigenvalue weighted by Crippen LogP contribution is 2.40. The van der Waals surface area contributed by atoms with Crippen molar-refractivity contribution in [2.45, 2.75) is 36.7 Å². The van der Waals surface area contributed by atoms with Crippen molar-refractivity contribution in [2.75, 3.05) is 11.9 Å². The fourth-order valence-corrected chi connectivity index (χ4v) is 1.95. The van der Waals surface area contributed by atoms with Crippen molar-refractivity contribution in [1.82, 2.24) is 5.32 Å². The van der Waals surface area contributed by atoms with Gasteiger partial charge in [-0.15, -0.1) is 0 Å². The van der Waals surface area contributed by atoms with E-state index in [1.54, 1.807) is 6.07 Å². The highest BCUT2D eigenvalue weighted by atomic mass is 32.2. The quantitative estimate of drug-likeness (QED) is 0.835. The van der Waals surface area contributed by atoms with E-state index in [-0.39, 0.29) is 40.3 Å². The summed E-state index contributed by atoms with van der Waals surface area (Å²) in [5.41, 5.74) is -4.46. The van der Waals surface area contributed by atoms with Gasteiger partial charge in [-0.1, -0.05) is 12.1 Å². The lowest BCUT2D eigenvalue weighted by Crippen LogP contribution is -2.41. The van der Waals surface area contributed by atoms with E-state index >= 15 is 0 Å². The van der Waals surface area contributed by atoms with Crippen LogP contribution < -0.4 is 10.6 Å². The van der Waals surface area contributed by atoms with Gasteiger partial charge in [0.1, 0.15) is 0 Å². The van der Waals surface area contributed by atoms with Crippen LogP contribution in [-0.4, -0.2) is 23.5 Å². The molecule has 1 rings (SSSR count). The van der Waals surface area contributed by atoms with Crippen molar-refractivity contribution in [3.8, 4) is 0 Å². The lowest BCUT2D eigenvalue weighted by atomic mass is 10.1. The van der Waals surface area contributed by atoms with Crippen molar-refractivity contribution in [1.29, 1.82) is 0 Å². The Morgan fingerprint density at radius 1 is 1.20 bits per heavy atom. The third kappa shape index (κ3) is 6.81. The number of halogens is 3. The smallest absolute Gasteiger partial charge is 0.324 e. The summed E-state index contributed by atoms with van der Waals surface area (Å²) in [6.45, 7) is 5.73. The van der Waals surface area contributed by atoms with Crippen LogP contribution in [0.25, 0.3) is 0 Å². The maximum Gasteiger partial charge on any atom is 0.446 e. The fourth-order valence-electron chi connectivity index (χ4n) is 1.32. The topological polar surface area (TPSA) is 41.1 Å². The minimum absolute atomic E-state index is 0.0240. The van der Waals surface area contributed by atoms with Gasteiger partial charge in [0.25, 0.3) is 0 Å². The van der Waals surface area contributed by atoms with Crippen molar-refractivity contribution < 1.29 is 18.0 Å². The molecule has 0 aliphatic carbocycles. The number of anilines is 1. The number of carbonyl (C=O) groups is 1. The van der Waals surface area contributed by atoms with E-state index in [2.05, 4.69) is 10.6 Å². The van der Waals surface area contributed by atoms with E-state index in [0.717, 1.165) is 0 Å². The predicted molar refractivity (Wildman–Crippen MR) is 74.7 cm³/mol. The molecule has 7 heteroatoms. The van der Waals surface area contributed by atoms with Gasteiger partial charge in [-0.2, -0.15) is 13.2 Å². The Kier molecular flexibility index (Phi) is 5.47. The maximum absolute atomic E-state index is 12.4. The van der Waals surface area contributed by atoms with Crippen molar-refractivity contribution >= 4 is 23.4 Å². The third-order valence-electron chi connectivity index (χ3n) is 2.17.